The molecule has 0 unspecified atom stereocenters. The van der Waals surface area contributed by atoms with Crippen molar-refractivity contribution in [2.24, 2.45) is 0 Å². The van der Waals surface area contributed by atoms with Crippen LogP contribution in [0.4, 0.5) is 19.3 Å². The third-order valence-electron chi connectivity index (χ3n) is 2.91. The van der Waals surface area contributed by atoms with Crippen LogP contribution in [-0.4, -0.2) is 41.8 Å². The maximum absolute atomic E-state index is 12.2. The number of aliphatic hydroxyl groups is 1. The first-order chi connectivity index (χ1) is 9.86. The normalized spacial score (nSPS) is 18.2. The number of benzene rings is 1. The number of hydrogen-bond donors (Lipinski definition) is 2. The Morgan fingerprint density at radius 1 is 1.43 bits per heavy atom. The second-order valence-corrected chi connectivity index (χ2v) is 5.28. The van der Waals surface area contributed by atoms with Crippen LogP contribution >= 0.6 is 23.2 Å². The minimum atomic E-state index is -3.05. The second-order valence-electron chi connectivity index (χ2n) is 4.47. The van der Waals surface area contributed by atoms with Crippen LogP contribution in [0.1, 0.15) is 6.42 Å². The predicted molar refractivity (Wildman–Crippen MR) is 74.3 cm³/mol. The number of halogens is 4. The molecule has 0 saturated carbocycles. The third kappa shape index (κ3) is 4.09. The minimum Gasteiger partial charge on any atom is -0.432 e. The van der Waals surface area contributed by atoms with Crippen molar-refractivity contribution in [3.05, 3.63) is 22.2 Å². The van der Waals surface area contributed by atoms with E-state index in [4.69, 9.17) is 23.2 Å². The molecule has 2 rings (SSSR count). The van der Waals surface area contributed by atoms with Gasteiger partial charge in [0, 0.05) is 18.8 Å². The number of rotatable bonds is 3. The molecule has 1 atom stereocenters. The van der Waals surface area contributed by atoms with Gasteiger partial charge in [-0.1, -0.05) is 23.2 Å². The van der Waals surface area contributed by atoms with Gasteiger partial charge in [0.25, 0.3) is 0 Å². The highest BCUT2D eigenvalue weighted by Crippen LogP contribution is 2.37. The Morgan fingerprint density at radius 3 is 2.52 bits per heavy atom. The molecule has 1 aliphatic heterocycles. The number of carbonyl (C=O) groups excluding carboxylic acids is 1. The Kier molecular flexibility index (Phi) is 5.08. The average molecular weight is 341 g/mol. The highest BCUT2D eigenvalue weighted by atomic mass is 35.5. The maximum Gasteiger partial charge on any atom is 0.387 e. The van der Waals surface area contributed by atoms with Crippen molar-refractivity contribution in [2.45, 2.75) is 19.1 Å². The Balaban J connectivity index is 2.09. The van der Waals surface area contributed by atoms with Crippen LogP contribution in [0.2, 0.25) is 10.0 Å². The lowest BCUT2D eigenvalue weighted by Crippen LogP contribution is -2.33. The van der Waals surface area contributed by atoms with E-state index in [0.717, 1.165) is 0 Å². The molecular formula is C12H12Cl2F2N2O3. The second kappa shape index (κ2) is 6.64. The van der Waals surface area contributed by atoms with Gasteiger partial charge in [-0.3, -0.25) is 0 Å². The first-order valence-corrected chi connectivity index (χ1v) is 6.80. The Bertz CT molecular complexity index is 522. The Morgan fingerprint density at radius 2 is 2.05 bits per heavy atom. The van der Waals surface area contributed by atoms with Crippen LogP contribution in [0, 0.1) is 0 Å². The molecule has 0 aromatic heterocycles. The largest absolute Gasteiger partial charge is 0.432 e. The van der Waals surface area contributed by atoms with E-state index in [1.54, 1.807) is 0 Å². The van der Waals surface area contributed by atoms with Crippen LogP contribution in [0.3, 0.4) is 0 Å². The Labute approximate surface area is 129 Å². The SMILES string of the molecule is O=C(Nc1cc(Cl)c(OC(F)F)c(Cl)c1)N1CC[C@@H](O)C1. The molecule has 1 aromatic rings. The summed E-state index contributed by atoms with van der Waals surface area (Å²) in [4.78, 5) is 13.3. The molecule has 1 fully saturated rings. The van der Waals surface area contributed by atoms with Crippen molar-refractivity contribution in [1.82, 2.24) is 4.90 Å². The molecule has 0 radical (unpaired) electrons. The Hall–Kier alpha value is -1.31. The van der Waals surface area contributed by atoms with E-state index in [1.165, 1.54) is 17.0 Å². The molecule has 2 N–H and O–H groups in total. The summed E-state index contributed by atoms with van der Waals surface area (Å²) < 4.78 is 28.6. The van der Waals surface area contributed by atoms with Crippen LogP contribution in [-0.2, 0) is 0 Å². The van der Waals surface area contributed by atoms with E-state index in [0.29, 0.717) is 13.0 Å². The van der Waals surface area contributed by atoms with E-state index in [2.05, 4.69) is 10.1 Å². The molecule has 5 nitrogen and oxygen atoms in total. The zero-order chi connectivity index (χ0) is 15.6. The number of aliphatic hydroxyl groups excluding tert-OH is 1. The van der Waals surface area contributed by atoms with Gasteiger partial charge in [-0.2, -0.15) is 8.78 Å². The van der Waals surface area contributed by atoms with Crippen LogP contribution in [0.25, 0.3) is 0 Å². The molecule has 1 heterocycles. The van der Waals surface area contributed by atoms with Gasteiger partial charge in [-0.25, -0.2) is 4.79 Å². The van der Waals surface area contributed by atoms with E-state index < -0.39 is 18.7 Å². The fraction of sp³-hybridized carbons (Fsp3) is 0.417. The zero-order valence-electron chi connectivity index (χ0n) is 10.7. The van der Waals surface area contributed by atoms with Crippen molar-refractivity contribution in [3.8, 4) is 5.75 Å². The van der Waals surface area contributed by atoms with Crippen LogP contribution < -0.4 is 10.1 Å². The van der Waals surface area contributed by atoms with Gasteiger partial charge >= 0.3 is 12.6 Å². The van der Waals surface area contributed by atoms with Gasteiger partial charge < -0.3 is 20.1 Å². The van der Waals surface area contributed by atoms with Gasteiger partial charge in [0.15, 0.2) is 5.75 Å². The van der Waals surface area contributed by atoms with Crippen molar-refractivity contribution in [2.75, 3.05) is 18.4 Å². The summed E-state index contributed by atoms with van der Waals surface area (Å²) in [7, 11) is 0. The highest BCUT2D eigenvalue weighted by Gasteiger charge is 2.25. The number of amides is 2. The minimum absolute atomic E-state index is 0.139. The van der Waals surface area contributed by atoms with Gasteiger partial charge in [0.2, 0.25) is 0 Å². The lowest BCUT2D eigenvalue weighted by molar-refractivity contribution is -0.0497. The molecule has 2 amide bonds. The summed E-state index contributed by atoms with van der Waals surface area (Å²) in [5, 5.41) is 11.6. The number of β-amino-alcohol motifs (C(OH)–C–C–N with tert-alkyl or cyclic N) is 1. The van der Waals surface area contributed by atoms with Gasteiger partial charge in [0.1, 0.15) is 0 Å². The lowest BCUT2D eigenvalue weighted by atomic mass is 10.3. The smallest absolute Gasteiger partial charge is 0.387 e. The van der Waals surface area contributed by atoms with Crippen molar-refractivity contribution in [3.63, 3.8) is 0 Å². The van der Waals surface area contributed by atoms with Crippen LogP contribution in [0.15, 0.2) is 12.1 Å². The number of likely N-dealkylation sites (tertiary alicyclic amines) is 1. The molecule has 21 heavy (non-hydrogen) atoms. The molecule has 1 saturated heterocycles. The van der Waals surface area contributed by atoms with E-state index in [9.17, 15) is 18.7 Å². The number of ether oxygens (including phenoxy) is 1. The number of carbonyl (C=O) groups is 1. The maximum atomic E-state index is 12.2. The molecule has 0 bridgehead atoms. The number of anilines is 1. The number of nitrogens with one attached hydrogen (secondary N) is 1. The average Bonchev–Trinajstić information content (AvgIpc) is 2.80. The van der Waals surface area contributed by atoms with Gasteiger partial charge in [-0.15, -0.1) is 0 Å². The number of nitrogens with zero attached hydrogens (tertiary/aromatic N) is 1. The van der Waals surface area contributed by atoms with E-state index in [-0.39, 0.29) is 28.0 Å². The molecular weight excluding hydrogens is 329 g/mol. The fourth-order valence-corrected chi connectivity index (χ4v) is 2.54. The molecule has 0 spiro atoms. The molecule has 1 aliphatic rings. The van der Waals surface area contributed by atoms with E-state index >= 15 is 0 Å². The van der Waals surface area contributed by atoms with Crippen molar-refractivity contribution >= 4 is 34.9 Å². The molecule has 116 valence electrons. The quantitative estimate of drug-likeness (QED) is 0.888. The summed E-state index contributed by atoms with van der Waals surface area (Å²) in [6, 6.07) is 2.09. The first kappa shape index (κ1) is 16.1. The summed E-state index contributed by atoms with van der Waals surface area (Å²) in [6.45, 7) is -2.38. The van der Waals surface area contributed by atoms with Gasteiger partial charge in [0.05, 0.1) is 16.1 Å². The van der Waals surface area contributed by atoms with Crippen LogP contribution in [0.5, 0.6) is 5.75 Å². The predicted octanol–water partition coefficient (Wildman–Crippen LogP) is 3.19. The number of urea groups is 1. The molecule has 1 aromatic carbocycles. The summed E-state index contributed by atoms with van der Waals surface area (Å²) >= 11 is 11.6. The molecule has 0 aliphatic carbocycles. The number of hydrogen-bond acceptors (Lipinski definition) is 3. The molecule has 9 heteroatoms. The third-order valence-corrected chi connectivity index (χ3v) is 3.47. The standard InChI is InChI=1S/C12H12Cl2F2N2O3/c13-8-3-6(4-9(14)10(8)21-11(15)16)17-12(20)18-2-1-7(19)5-18/h3-4,7,11,19H,1-2,5H2,(H,17,20)/t7-/m1/s1. The van der Waals surface area contributed by atoms with E-state index in [1.807, 2.05) is 0 Å². The summed E-state index contributed by atoms with van der Waals surface area (Å²) in [5.41, 5.74) is 0.248. The highest BCUT2D eigenvalue weighted by molar-refractivity contribution is 6.37. The first-order valence-electron chi connectivity index (χ1n) is 6.04. The summed E-state index contributed by atoms with van der Waals surface area (Å²) in [6.07, 6.45) is -0.0273. The van der Waals surface area contributed by atoms with Crippen molar-refractivity contribution in [1.29, 1.82) is 0 Å². The monoisotopic (exact) mass is 340 g/mol. The van der Waals surface area contributed by atoms with Gasteiger partial charge in [-0.05, 0) is 18.6 Å². The number of alkyl halides is 2. The fourth-order valence-electron chi connectivity index (χ4n) is 1.96. The zero-order valence-corrected chi connectivity index (χ0v) is 12.2. The van der Waals surface area contributed by atoms with Crippen molar-refractivity contribution < 1.29 is 23.4 Å². The lowest BCUT2D eigenvalue weighted by Gasteiger charge is -2.17. The summed E-state index contributed by atoms with van der Waals surface area (Å²) in [5.74, 6) is -0.345. The topological polar surface area (TPSA) is 61.8 Å².